The van der Waals surface area contributed by atoms with Crippen LogP contribution in [-0.4, -0.2) is 5.97 Å². The summed E-state index contributed by atoms with van der Waals surface area (Å²) in [6.45, 7) is 6.31. The topological polar surface area (TPSA) is 26.3 Å². The highest BCUT2D eigenvalue weighted by Crippen LogP contribution is 1.75. The van der Waals surface area contributed by atoms with Gasteiger partial charge in [-0.25, -0.2) is 4.79 Å². The molecule has 38 valence electrons. The maximum absolute atomic E-state index is 10.0. The Labute approximate surface area is 42.1 Å². The number of hydrogen-bond donors (Lipinski definition) is 0. The van der Waals surface area contributed by atoms with Crippen molar-refractivity contribution in [2.75, 3.05) is 0 Å². The van der Waals surface area contributed by atoms with Gasteiger partial charge >= 0.3 is 5.97 Å². The molecular weight excluding hydrogens is 92.1 g/mol. The average Bonchev–Trinajstić information content (AvgIpc) is 1.68. The van der Waals surface area contributed by atoms with Gasteiger partial charge in [-0.2, -0.15) is 0 Å². The molecule has 0 N–H and O–H groups in total. The molecule has 2 nitrogen and oxygen atoms in total. The monoisotopic (exact) mass is 98.0 g/mol. The molecule has 0 radical (unpaired) electrons. The Morgan fingerprint density at radius 2 is 2.14 bits per heavy atom. The molecule has 0 aliphatic carbocycles. The molecule has 0 aliphatic rings. The molecule has 0 aliphatic heterocycles. The van der Waals surface area contributed by atoms with E-state index in [-0.39, 0.29) is 0 Å². The van der Waals surface area contributed by atoms with Crippen LogP contribution in [0.4, 0.5) is 0 Å². The zero-order valence-corrected chi connectivity index (χ0v) is 3.89. The van der Waals surface area contributed by atoms with Gasteiger partial charge in [-0.05, 0) is 0 Å². The zero-order chi connectivity index (χ0) is 5.70. The summed E-state index contributed by atoms with van der Waals surface area (Å²) in [4.78, 5) is 10.0. The molecule has 0 unspecified atom stereocenters. The summed E-state index contributed by atoms with van der Waals surface area (Å²) >= 11 is 0. The molecule has 0 aromatic heterocycles. The fraction of sp³-hybridized carbons (Fsp3) is 0. The van der Waals surface area contributed by atoms with Crippen molar-refractivity contribution in [1.82, 2.24) is 0 Å². The first-order valence-electron chi connectivity index (χ1n) is 1.75. The molecule has 0 heterocycles. The number of rotatable bonds is 2. The SMILES string of the molecule is C=COC(=O)C=C. The highest BCUT2D eigenvalue weighted by atomic mass is 16.5. The minimum absolute atomic E-state index is 0.477. The first kappa shape index (κ1) is 5.95. The molecule has 0 aromatic rings. The fourth-order valence-corrected chi connectivity index (χ4v) is 0.130. The van der Waals surface area contributed by atoms with Crippen LogP contribution in [0.15, 0.2) is 25.5 Å². The second-order valence-electron chi connectivity index (χ2n) is 0.808. The number of carbonyl (C=O) groups is 1. The smallest absolute Gasteiger partial charge is 0.334 e. The van der Waals surface area contributed by atoms with Crippen LogP contribution in [0.1, 0.15) is 0 Å². The first-order valence-corrected chi connectivity index (χ1v) is 1.75. The molecule has 7 heavy (non-hydrogen) atoms. The van der Waals surface area contributed by atoms with Gasteiger partial charge in [-0.3, -0.25) is 0 Å². The van der Waals surface area contributed by atoms with E-state index in [1.165, 1.54) is 0 Å². The Morgan fingerprint density at radius 3 is 2.29 bits per heavy atom. The van der Waals surface area contributed by atoms with E-state index in [9.17, 15) is 4.79 Å². The van der Waals surface area contributed by atoms with E-state index in [1.54, 1.807) is 0 Å². The van der Waals surface area contributed by atoms with Crippen molar-refractivity contribution in [3.63, 3.8) is 0 Å². The van der Waals surface area contributed by atoms with Crippen molar-refractivity contribution in [3.8, 4) is 0 Å². The van der Waals surface area contributed by atoms with Crippen LogP contribution in [0.2, 0.25) is 0 Å². The van der Waals surface area contributed by atoms with Crippen molar-refractivity contribution in [1.29, 1.82) is 0 Å². The maximum Gasteiger partial charge on any atom is 0.334 e. The average molecular weight is 98.1 g/mol. The number of ether oxygens (including phenoxy) is 1. The lowest BCUT2D eigenvalue weighted by molar-refractivity contribution is -0.132. The normalized spacial score (nSPS) is 6.86. The van der Waals surface area contributed by atoms with Crippen LogP contribution in [0, 0.1) is 0 Å². The lowest BCUT2D eigenvalue weighted by Crippen LogP contribution is -1.90. The predicted octanol–water partition coefficient (Wildman–Crippen LogP) is 0.859. The Bertz CT molecular complexity index is 94.3. The van der Waals surface area contributed by atoms with Gasteiger partial charge in [-0.15, -0.1) is 0 Å². The second-order valence-corrected chi connectivity index (χ2v) is 0.808. The van der Waals surface area contributed by atoms with Crippen LogP contribution >= 0.6 is 0 Å². The van der Waals surface area contributed by atoms with Gasteiger partial charge in [0.15, 0.2) is 0 Å². The van der Waals surface area contributed by atoms with E-state index in [0.717, 1.165) is 12.3 Å². The third-order valence-corrected chi connectivity index (χ3v) is 0.366. The Morgan fingerprint density at radius 1 is 1.57 bits per heavy atom. The Hall–Kier alpha value is -1.05. The molecule has 0 saturated heterocycles. The molecule has 0 atom stereocenters. The Kier molecular flexibility index (Phi) is 2.68. The standard InChI is InChI=1S/C5H6O2/c1-3-5(6)7-4-2/h3-4H,1-2H2. The molecular formula is C5H6O2. The minimum Gasteiger partial charge on any atom is -0.432 e. The molecule has 0 bridgehead atoms. The highest BCUT2D eigenvalue weighted by Gasteiger charge is 1.84. The Balaban J connectivity index is 3.36. The van der Waals surface area contributed by atoms with Crippen LogP contribution < -0.4 is 0 Å². The van der Waals surface area contributed by atoms with Crippen LogP contribution in [-0.2, 0) is 9.53 Å². The molecule has 0 rings (SSSR count). The summed E-state index contributed by atoms with van der Waals surface area (Å²) in [5.41, 5.74) is 0. The van der Waals surface area contributed by atoms with Crippen molar-refractivity contribution in [3.05, 3.63) is 25.5 Å². The fourth-order valence-electron chi connectivity index (χ4n) is 0.130. The molecule has 0 fully saturated rings. The quantitative estimate of drug-likeness (QED) is 0.291. The summed E-state index contributed by atoms with van der Waals surface area (Å²) in [6.07, 6.45) is 2.13. The molecule has 2 heteroatoms. The summed E-state index contributed by atoms with van der Waals surface area (Å²) in [7, 11) is 0. The summed E-state index contributed by atoms with van der Waals surface area (Å²) in [5, 5.41) is 0. The van der Waals surface area contributed by atoms with Gasteiger partial charge in [0, 0.05) is 6.08 Å². The molecule has 0 saturated carbocycles. The van der Waals surface area contributed by atoms with Gasteiger partial charge in [-0.1, -0.05) is 13.2 Å². The third kappa shape index (κ3) is 2.76. The highest BCUT2D eigenvalue weighted by molar-refractivity contribution is 5.81. The van der Waals surface area contributed by atoms with Gasteiger partial charge in [0.2, 0.25) is 0 Å². The molecule has 0 spiro atoms. The lowest BCUT2D eigenvalue weighted by atomic mass is 10.7. The van der Waals surface area contributed by atoms with Crippen molar-refractivity contribution >= 4 is 5.97 Å². The number of carbonyl (C=O) groups excluding carboxylic acids is 1. The van der Waals surface area contributed by atoms with E-state index < -0.39 is 5.97 Å². The van der Waals surface area contributed by atoms with Crippen molar-refractivity contribution in [2.24, 2.45) is 0 Å². The van der Waals surface area contributed by atoms with Crippen molar-refractivity contribution < 1.29 is 9.53 Å². The van der Waals surface area contributed by atoms with Crippen LogP contribution in [0.5, 0.6) is 0 Å². The van der Waals surface area contributed by atoms with E-state index in [0.29, 0.717) is 0 Å². The minimum atomic E-state index is -0.477. The summed E-state index contributed by atoms with van der Waals surface area (Å²) in [6, 6.07) is 0. The van der Waals surface area contributed by atoms with Gasteiger partial charge in [0.05, 0.1) is 6.26 Å². The second kappa shape index (κ2) is 3.15. The van der Waals surface area contributed by atoms with Crippen LogP contribution in [0.3, 0.4) is 0 Å². The predicted molar refractivity (Wildman–Crippen MR) is 26.5 cm³/mol. The van der Waals surface area contributed by atoms with Crippen molar-refractivity contribution in [2.45, 2.75) is 0 Å². The molecule has 0 amide bonds. The van der Waals surface area contributed by atoms with Gasteiger partial charge < -0.3 is 4.74 Å². The number of esters is 1. The lowest BCUT2D eigenvalue weighted by Gasteiger charge is -1.85. The van der Waals surface area contributed by atoms with E-state index in [4.69, 9.17) is 0 Å². The first-order chi connectivity index (χ1) is 3.31. The third-order valence-electron chi connectivity index (χ3n) is 0.366. The zero-order valence-electron chi connectivity index (χ0n) is 3.89. The van der Waals surface area contributed by atoms with E-state index >= 15 is 0 Å². The number of hydrogen-bond acceptors (Lipinski definition) is 2. The van der Waals surface area contributed by atoms with E-state index in [1.807, 2.05) is 0 Å². The van der Waals surface area contributed by atoms with Gasteiger partial charge in [0.1, 0.15) is 0 Å². The van der Waals surface area contributed by atoms with Gasteiger partial charge in [0.25, 0.3) is 0 Å². The molecule has 0 aromatic carbocycles. The van der Waals surface area contributed by atoms with E-state index in [2.05, 4.69) is 17.9 Å². The summed E-state index contributed by atoms with van der Waals surface area (Å²) < 4.78 is 4.20. The maximum atomic E-state index is 10.0. The largest absolute Gasteiger partial charge is 0.432 e. The summed E-state index contributed by atoms with van der Waals surface area (Å²) in [5.74, 6) is -0.477. The van der Waals surface area contributed by atoms with Crippen LogP contribution in [0.25, 0.3) is 0 Å².